The van der Waals surface area contributed by atoms with Gasteiger partial charge in [0, 0.05) is 31.7 Å². The fourth-order valence-electron chi connectivity index (χ4n) is 4.31. The second kappa shape index (κ2) is 10.3. The summed E-state index contributed by atoms with van der Waals surface area (Å²) in [6, 6.07) is 12.4. The summed E-state index contributed by atoms with van der Waals surface area (Å²) in [6.45, 7) is 7.55. The lowest BCUT2D eigenvalue weighted by Crippen LogP contribution is -2.42. The van der Waals surface area contributed by atoms with Crippen molar-refractivity contribution in [2.24, 2.45) is 0 Å². The van der Waals surface area contributed by atoms with Gasteiger partial charge in [0.05, 0.1) is 30.9 Å². The molecule has 2 aliphatic heterocycles. The van der Waals surface area contributed by atoms with Crippen molar-refractivity contribution in [1.29, 1.82) is 0 Å². The van der Waals surface area contributed by atoms with Gasteiger partial charge in [-0.3, -0.25) is 14.5 Å². The number of aliphatic hydroxyl groups excluding tert-OH is 1. The molecular formula is C26H30N2O6. The Labute approximate surface area is 199 Å². The van der Waals surface area contributed by atoms with E-state index in [0.29, 0.717) is 43.2 Å². The predicted molar refractivity (Wildman–Crippen MR) is 127 cm³/mol. The van der Waals surface area contributed by atoms with Crippen LogP contribution in [0.4, 0.5) is 0 Å². The van der Waals surface area contributed by atoms with Crippen molar-refractivity contribution in [2.75, 3.05) is 39.4 Å². The first-order valence-corrected chi connectivity index (χ1v) is 11.5. The van der Waals surface area contributed by atoms with Gasteiger partial charge in [-0.2, -0.15) is 0 Å². The van der Waals surface area contributed by atoms with Crippen LogP contribution >= 0.6 is 0 Å². The van der Waals surface area contributed by atoms with Crippen molar-refractivity contribution in [2.45, 2.75) is 26.0 Å². The lowest BCUT2D eigenvalue weighted by Gasteiger charge is -2.31. The topological polar surface area (TPSA) is 99.5 Å². The van der Waals surface area contributed by atoms with Crippen LogP contribution in [-0.2, 0) is 14.3 Å². The number of carbonyl (C=O) groups is 2. The molecular weight excluding hydrogens is 436 g/mol. The molecule has 2 N–H and O–H groups in total. The quantitative estimate of drug-likeness (QED) is 0.368. The Morgan fingerprint density at radius 2 is 1.68 bits per heavy atom. The molecule has 2 saturated heterocycles. The van der Waals surface area contributed by atoms with Gasteiger partial charge >= 0.3 is 0 Å². The average molecular weight is 467 g/mol. The number of aromatic hydroxyl groups is 1. The van der Waals surface area contributed by atoms with Gasteiger partial charge < -0.3 is 24.6 Å². The first kappa shape index (κ1) is 23.8. The fourth-order valence-corrected chi connectivity index (χ4v) is 4.31. The Morgan fingerprint density at radius 1 is 1.03 bits per heavy atom. The zero-order valence-corrected chi connectivity index (χ0v) is 19.4. The van der Waals surface area contributed by atoms with Crippen LogP contribution < -0.4 is 4.74 Å². The van der Waals surface area contributed by atoms with Crippen LogP contribution in [-0.4, -0.2) is 77.2 Å². The maximum absolute atomic E-state index is 13.1. The van der Waals surface area contributed by atoms with Gasteiger partial charge in [-0.25, -0.2) is 0 Å². The molecule has 2 aromatic carbocycles. The molecule has 2 aromatic rings. The summed E-state index contributed by atoms with van der Waals surface area (Å²) >= 11 is 0. The highest BCUT2D eigenvalue weighted by atomic mass is 16.5. The molecule has 1 amide bonds. The number of likely N-dealkylation sites (tertiary alicyclic amines) is 1. The van der Waals surface area contributed by atoms with Gasteiger partial charge in [0.2, 0.25) is 0 Å². The minimum Gasteiger partial charge on any atom is -0.508 e. The second-order valence-corrected chi connectivity index (χ2v) is 8.73. The van der Waals surface area contributed by atoms with Crippen molar-refractivity contribution in [3.8, 4) is 11.5 Å². The summed E-state index contributed by atoms with van der Waals surface area (Å²) in [5.74, 6) is -0.878. The van der Waals surface area contributed by atoms with E-state index >= 15 is 0 Å². The molecule has 180 valence electrons. The highest BCUT2D eigenvalue weighted by molar-refractivity contribution is 6.46. The smallest absolute Gasteiger partial charge is 0.295 e. The minimum atomic E-state index is -0.756. The molecule has 8 heteroatoms. The summed E-state index contributed by atoms with van der Waals surface area (Å²) in [5, 5.41) is 20.9. The van der Waals surface area contributed by atoms with E-state index in [2.05, 4.69) is 4.90 Å². The van der Waals surface area contributed by atoms with Crippen molar-refractivity contribution in [3.63, 3.8) is 0 Å². The Morgan fingerprint density at radius 3 is 2.29 bits per heavy atom. The summed E-state index contributed by atoms with van der Waals surface area (Å²) < 4.78 is 11.0. The number of rotatable bonds is 7. The largest absolute Gasteiger partial charge is 0.508 e. The third kappa shape index (κ3) is 5.08. The number of ketones is 1. The number of phenols is 1. The molecule has 34 heavy (non-hydrogen) atoms. The maximum Gasteiger partial charge on any atom is 0.295 e. The molecule has 0 spiro atoms. The van der Waals surface area contributed by atoms with Gasteiger partial charge in [-0.05, 0) is 55.8 Å². The van der Waals surface area contributed by atoms with E-state index in [-0.39, 0.29) is 23.2 Å². The molecule has 2 heterocycles. The number of nitrogens with zero attached hydrogens (tertiary/aromatic N) is 2. The van der Waals surface area contributed by atoms with Gasteiger partial charge in [-0.1, -0.05) is 12.1 Å². The van der Waals surface area contributed by atoms with Crippen LogP contribution in [0.2, 0.25) is 0 Å². The molecule has 2 fully saturated rings. The molecule has 0 bridgehead atoms. The number of Topliss-reactive ketones (excluding diaryl/α,β-unsaturated/α-hetero) is 1. The molecule has 0 aliphatic carbocycles. The zero-order chi connectivity index (χ0) is 24.2. The number of ether oxygens (including phenoxy) is 2. The van der Waals surface area contributed by atoms with E-state index in [1.165, 1.54) is 17.0 Å². The standard InChI is InChI=1S/C26H30N2O6/c1-17(2)34-21-9-5-19(6-10-21)24(30)22-23(18-3-7-20(29)8-4-18)28(26(32)25(22)31)12-11-27-13-15-33-16-14-27/h3-10,17,23,29-30H,11-16H2,1-2H3/b24-22+/t23-/m0/s1. The summed E-state index contributed by atoms with van der Waals surface area (Å²) in [6.07, 6.45) is 0.00531. The Hall–Kier alpha value is -3.36. The molecule has 8 nitrogen and oxygen atoms in total. The molecule has 0 unspecified atom stereocenters. The Bertz CT molecular complexity index is 1060. The van der Waals surface area contributed by atoms with Crippen molar-refractivity contribution < 1.29 is 29.3 Å². The van der Waals surface area contributed by atoms with E-state index < -0.39 is 17.7 Å². The monoisotopic (exact) mass is 466 g/mol. The molecule has 0 aromatic heterocycles. The van der Waals surface area contributed by atoms with E-state index in [1.807, 2.05) is 13.8 Å². The number of carbonyl (C=O) groups excluding carboxylic acids is 2. The number of amides is 1. The van der Waals surface area contributed by atoms with E-state index in [4.69, 9.17) is 9.47 Å². The number of hydrogen-bond donors (Lipinski definition) is 2. The first-order chi connectivity index (χ1) is 16.3. The van der Waals surface area contributed by atoms with E-state index in [0.717, 1.165) is 13.1 Å². The minimum absolute atomic E-state index is 0.00531. The first-order valence-electron chi connectivity index (χ1n) is 11.5. The van der Waals surface area contributed by atoms with E-state index in [9.17, 15) is 19.8 Å². The highest BCUT2D eigenvalue weighted by Crippen LogP contribution is 2.39. The third-order valence-corrected chi connectivity index (χ3v) is 6.01. The SMILES string of the molecule is CC(C)Oc1ccc(/C(O)=C2\C(=O)C(=O)N(CCN3CCOCC3)[C@H]2c2ccc(O)cc2)cc1. The average Bonchev–Trinajstić information content (AvgIpc) is 3.08. The fraction of sp³-hybridized carbons (Fsp3) is 0.385. The third-order valence-electron chi connectivity index (χ3n) is 6.01. The van der Waals surface area contributed by atoms with Gasteiger partial charge in [0.1, 0.15) is 17.3 Å². The van der Waals surface area contributed by atoms with Crippen molar-refractivity contribution >= 4 is 17.4 Å². The zero-order valence-electron chi connectivity index (χ0n) is 19.4. The number of phenolic OH excluding ortho intramolecular Hbond substituents is 1. The van der Waals surface area contributed by atoms with E-state index in [1.54, 1.807) is 36.4 Å². The lowest BCUT2D eigenvalue weighted by molar-refractivity contribution is -0.140. The molecule has 0 saturated carbocycles. The molecule has 1 atom stereocenters. The Kier molecular flexibility index (Phi) is 7.19. The summed E-state index contributed by atoms with van der Waals surface area (Å²) in [5.41, 5.74) is 1.10. The van der Waals surface area contributed by atoms with Crippen LogP contribution in [0.15, 0.2) is 54.1 Å². The highest BCUT2D eigenvalue weighted by Gasteiger charge is 2.46. The number of benzene rings is 2. The predicted octanol–water partition coefficient (Wildman–Crippen LogP) is 2.93. The summed E-state index contributed by atoms with van der Waals surface area (Å²) in [4.78, 5) is 29.9. The van der Waals surface area contributed by atoms with Crippen LogP contribution in [0.25, 0.3) is 5.76 Å². The van der Waals surface area contributed by atoms with Crippen LogP contribution in [0, 0.1) is 0 Å². The normalized spacial score (nSPS) is 20.8. The van der Waals surface area contributed by atoms with Gasteiger partial charge in [0.25, 0.3) is 11.7 Å². The Balaban J connectivity index is 1.69. The molecule has 2 aliphatic rings. The van der Waals surface area contributed by atoms with Crippen molar-refractivity contribution in [3.05, 3.63) is 65.2 Å². The van der Waals surface area contributed by atoms with Crippen molar-refractivity contribution in [1.82, 2.24) is 9.80 Å². The summed E-state index contributed by atoms with van der Waals surface area (Å²) in [7, 11) is 0. The molecule has 0 radical (unpaired) electrons. The van der Waals surface area contributed by atoms with Crippen LogP contribution in [0.3, 0.4) is 0 Å². The molecule has 4 rings (SSSR count). The van der Waals surface area contributed by atoms with Crippen LogP contribution in [0.1, 0.15) is 31.0 Å². The number of hydrogen-bond acceptors (Lipinski definition) is 7. The second-order valence-electron chi connectivity index (χ2n) is 8.73. The number of aliphatic hydroxyl groups is 1. The van der Waals surface area contributed by atoms with Gasteiger partial charge in [0.15, 0.2) is 0 Å². The van der Waals surface area contributed by atoms with Gasteiger partial charge in [-0.15, -0.1) is 0 Å². The lowest BCUT2D eigenvalue weighted by atomic mass is 9.95. The maximum atomic E-state index is 13.1. The number of morpholine rings is 1. The van der Waals surface area contributed by atoms with Crippen LogP contribution in [0.5, 0.6) is 11.5 Å².